The maximum Gasteiger partial charge on any atom is 0.140 e. The Morgan fingerprint density at radius 2 is 1.12 bits per heavy atom. The minimum atomic E-state index is -0.146. The summed E-state index contributed by atoms with van der Waals surface area (Å²) in [5.74, 6) is 1.09. The van der Waals surface area contributed by atoms with Crippen LogP contribution in [0, 0.1) is 13.8 Å². The van der Waals surface area contributed by atoms with E-state index in [4.69, 9.17) is 4.99 Å². The van der Waals surface area contributed by atoms with Gasteiger partial charge in [-0.25, -0.2) is 4.99 Å². The third-order valence-electron chi connectivity index (χ3n) is 11.5. The molecule has 3 heteroatoms. The number of aromatic nitrogens is 2. The topological polar surface area (TPSA) is 22.2 Å². The SMILES string of the molecule is C=Cc1c(C)c(C)c(/C=C\CC)n1-c1ccc(-c2ccc(C(C)(C)c3ccc(-c4ccc(-n5c(/C=C\C)c(CC)c6c5N=CCC6)cc4)cc3)cc2)cc1.CCC. The van der Waals surface area contributed by atoms with Crippen molar-refractivity contribution in [2.75, 3.05) is 0 Å². The molecule has 0 amide bonds. The zero-order valence-corrected chi connectivity index (χ0v) is 35.8. The number of hydrogen-bond acceptors (Lipinski definition) is 1. The summed E-state index contributed by atoms with van der Waals surface area (Å²) in [5, 5.41) is 0. The Kier molecular flexibility index (Phi) is 13.0. The van der Waals surface area contributed by atoms with Gasteiger partial charge in [-0.3, -0.25) is 4.57 Å². The first kappa shape index (κ1) is 41.0. The standard InChI is InChI=1S/C51H53N3.C3H8/c1-9-13-17-48-36(6)35(5)47(12-4)53(48)43-30-22-39(23-31-43)37-18-26-41(27-19-37)51(7,8)42-28-20-38(21-29-42)40-24-32-44(33-25-40)54-49(15-10-2)45(11-3)46-16-14-34-52-50(46)54;1-3-2/h10,12-13,15,17-34H,4,9,11,14,16H2,1-3,5-8H3;3H2,1-2H3/b15-10-,17-13-;. The zero-order chi connectivity index (χ0) is 40.7. The van der Waals surface area contributed by atoms with Crippen molar-refractivity contribution in [3.05, 3.63) is 166 Å². The van der Waals surface area contributed by atoms with Gasteiger partial charge in [-0.2, -0.15) is 0 Å². The van der Waals surface area contributed by atoms with Crippen molar-refractivity contribution in [2.24, 2.45) is 4.99 Å². The van der Waals surface area contributed by atoms with Crippen LogP contribution in [0.5, 0.6) is 0 Å². The van der Waals surface area contributed by atoms with Crippen LogP contribution in [0.15, 0.2) is 121 Å². The van der Waals surface area contributed by atoms with Gasteiger partial charge in [0, 0.05) is 40.0 Å². The molecule has 2 aromatic heterocycles. The Bertz CT molecular complexity index is 2390. The lowest BCUT2D eigenvalue weighted by Crippen LogP contribution is -2.18. The van der Waals surface area contributed by atoms with Gasteiger partial charge in [0.05, 0.1) is 5.69 Å². The summed E-state index contributed by atoms with van der Waals surface area (Å²) in [7, 11) is 0. The zero-order valence-electron chi connectivity index (χ0n) is 35.8. The van der Waals surface area contributed by atoms with Crippen molar-refractivity contribution in [1.82, 2.24) is 9.13 Å². The first-order chi connectivity index (χ1) is 27.6. The summed E-state index contributed by atoms with van der Waals surface area (Å²) in [6.45, 7) is 23.9. The molecule has 0 saturated heterocycles. The molecule has 0 saturated carbocycles. The van der Waals surface area contributed by atoms with Crippen LogP contribution >= 0.6 is 0 Å². The van der Waals surface area contributed by atoms with Gasteiger partial charge >= 0.3 is 0 Å². The number of nitrogens with zero attached hydrogens (tertiary/aromatic N) is 3. The Labute approximate surface area is 342 Å². The normalized spacial score (nSPS) is 12.6. The average molecular weight is 752 g/mol. The molecule has 7 rings (SSSR count). The number of aliphatic imine (C=N–C) groups is 1. The van der Waals surface area contributed by atoms with E-state index in [1.807, 2.05) is 6.08 Å². The minimum Gasteiger partial charge on any atom is -0.310 e. The predicted octanol–water partition coefficient (Wildman–Crippen LogP) is 15.3. The Morgan fingerprint density at radius 3 is 1.58 bits per heavy atom. The number of fused-ring (bicyclic) bond motifs is 1. The van der Waals surface area contributed by atoms with E-state index in [1.165, 1.54) is 73.4 Å². The fourth-order valence-corrected chi connectivity index (χ4v) is 8.15. The molecule has 3 heterocycles. The fourth-order valence-electron chi connectivity index (χ4n) is 8.15. The van der Waals surface area contributed by atoms with Gasteiger partial charge in [-0.1, -0.05) is 139 Å². The van der Waals surface area contributed by atoms with Gasteiger partial charge in [0.15, 0.2) is 0 Å². The summed E-state index contributed by atoms with van der Waals surface area (Å²) >= 11 is 0. The Morgan fingerprint density at radius 1 is 0.649 bits per heavy atom. The van der Waals surface area contributed by atoms with Gasteiger partial charge in [0.2, 0.25) is 0 Å². The molecule has 0 atom stereocenters. The fraction of sp³-hybridized carbons (Fsp3) is 0.278. The van der Waals surface area contributed by atoms with E-state index in [1.54, 1.807) is 0 Å². The maximum absolute atomic E-state index is 4.87. The van der Waals surface area contributed by atoms with Gasteiger partial charge in [0.1, 0.15) is 5.82 Å². The minimum absolute atomic E-state index is 0.146. The highest BCUT2D eigenvalue weighted by molar-refractivity contribution is 5.75. The van der Waals surface area contributed by atoms with Crippen molar-refractivity contribution in [2.45, 2.75) is 99.8 Å². The second kappa shape index (κ2) is 18.1. The van der Waals surface area contributed by atoms with Crippen molar-refractivity contribution in [1.29, 1.82) is 0 Å². The molecule has 1 aliphatic rings. The monoisotopic (exact) mass is 751 g/mol. The van der Waals surface area contributed by atoms with E-state index in [9.17, 15) is 0 Å². The van der Waals surface area contributed by atoms with Crippen LogP contribution < -0.4 is 0 Å². The second-order valence-electron chi connectivity index (χ2n) is 15.7. The molecular formula is C54H61N3. The molecular weight excluding hydrogens is 691 g/mol. The summed E-state index contributed by atoms with van der Waals surface area (Å²) < 4.78 is 4.67. The van der Waals surface area contributed by atoms with E-state index in [0.717, 1.165) is 48.6 Å². The average Bonchev–Trinajstić information content (AvgIpc) is 3.69. The van der Waals surface area contributed by atoms with Gasteiger partial charge in [-0.05, 0) is 139 Å². The van der Waals surface area contributed by atoms with Gasteiger partial charge in [-0.15, -0.1) is 0 Å². The van der Waals surface area contributed by atoms with Crippen molar-refractivity contribution in [3.8, 4) is 33.6 Å². The van der Waals surface area contributed by atoms with E-state index < -0.39 is 0 Å². The predicted molar refractivity (Wildman–Crippen MR) is 250 cm³/mol. The van der Waals surface area contributed by atoms with Crippen LogP contribution in [0.2, 0.25) is 0 Å². The van der Waals surface area contributed by atoms with Crippen molar-refractivity contribution >= 4 is 30.3 Å². The molecule has 0 bridgehead atoms. The van der Waals surface area contributed by atoms with Crippen molar-refractivity contribution < 1.29 is 0 Å². The van der Waals surface area contributed by atoms with Crippen molar-refractivity contribution in [3.63, 3.8) is 0 Å². The highest BCUT2D eigenvalue weighted by Crippen LogP contribution is 2.39. The Hall–Kier alpha value is -5.67. The molecule has 0 N–H and O–H groups in total. The van der Waals surface area contributed by atoms with E-state index >= 15 is 0 Å². The second-order valence-corrected chi connectivity index (χ2v) is 15.7. The molecule has 0 unspecified atom stereocenters. The highest BCUT2D eigenvalue weighted by Gasteiger charge is 2.24. The lowest BCUT2D eigenvalue weighted by atomic mass is 9.77. The molecule has 292 valence electrons. The first-order valence-corrected chi connectivity index (χ1v) is 21.0. The van der Waals surface area contributed by atoms with Crippen LogP contribution in [0.4, 0.5) is 5.82 Å². The molecule has 1 aliphatic heterocycles. The summed E-state index contributed by atoms with van der Waals surface area (Å²) in [6, 6.07) is 36.1. The third kappa shape index (κ3) is 8.12. The lowest BCUT2D eigenvalue weighted by molar-refractivity contribution is 0.641. The summed E-state index contributed by atoms with van der Waals surface area (Å²) in [4.78, 5) is 4.87. The molecule has 6 aromatic rings. The van der Waals surface area contributed by atoms with E-state index in [2.05, 4.69) is 206 Å². The molecule has 0 radical (unpaired) electrons. The smallest absolute Gasteiger partial charge is 0.140 e. The summed E-state index contributed by atoms with van der Waals surface area (Å²) in [5.41, 5.74) is 18.6. The van der Waals surface area contributed by atoms with E-state index in [0.29, 0.717) is 0 Å². The van der Waals surface area contributed by atoms with Crippen LogP contribution in [0.25, 0.3) is 51.9 Å². The van der Waals surface area contributed by atoms with Gasteiger partial charge < -0.3 is 4.57 Å². The largest absolute Gasteiger partial charge is 0.310 e. The first-order valence-electron chi connectivity index (χ1n) is 21.0. The molecule has 0 spiro atoms. The third-order valence-corrected chi connectivity index (χ3v) is 11.5. The van der Waals surface area contributed by atoms with E-state index in [-0.39, 0.29) is 5.41 Å². The number of allylic oxidation sites excluding steroid dienone is 2. The summed E-state index contributed by atoms with van der Waals surface area (Å²) in [6.07, 6.45) is 18.2. The molecule has 0 fully saturated rings. The van der Waals surface area contributed by atoms with Crippen LogP contribution in [-0.4, -0.2) is 15.3 Å². The molecule has 0 aliphatic carbocycles. The lowest BCUT2D eigenvalue weighted by Gasteiger charge is -2.26. The van der Waals surface area contributed by atoms with Crippen LogP contribution in [0.3, 0.4) is 0 Å². The number of rotatable bonds is 11. The maximum atomic E-state index is 4.87. The quantitative estimate of drug-likeness (QED) is 0.126. The number of hydrogen-bond donors (Lipinski definition) is 0. The highest BCUT2D eigenvalue weighted by atomic mass is 15.1. The van der Waals surface area contributed by atoms with Gasteiger partial charge in [0.25, 0.3) is 0 Å². The molecule has 4 aromatic carbocycles. The molecule has 57 heavy (non-hydrogen) atoms. The molecule has 3 nitrogen and oxygen atoms in total. The number of benzene rings is 4. The van der Waals surface area contributed by atoms with Crippen LogP contribution in [0.1, 0.15) is 118 Å². The van der Waals surface area contributed by atoms with Crippen LogP contribution in [-0.2, 0) is 18.3 Å². The Balaban J connectivity index is 0.00000177.